The lowest BCUT2D eigenvalue weighted by Crippen LogP contribution is -2.27. The Balaban J connectivity index is 1.67. The molecule has 2 amide bonds. The van der Waals surface area contributed by atoms with Gasteiger partial charge in [-0.05, 0) is 42.5 Å². The minimum Gasteiger partial charge on any atom is -0.352 e. The van der Waals surface area contributed by atoms with E-state index in [1.165, 1.54) is 6.07 Å². The van der Waals surface area contributed by atoms with Gasteiger partial charge in [0.1, 0.15) is 0 Å². The van der Waals surface area contributed by atoms with Crippen LogP contribution in [0.25, 0.3) is 0 Å². The van der Waals surface area contributed by atoms with Crippen LogP contribution in [0.4, 0.5) is 5.69 Å². The summed E-state index contributed by atoms with van der Waals surface area (Å²) >= 11 is 11.9. The molecule has 5 nitrogen and oxygen atoms in total. The van der Waals surface area contributed by atoms with Gasteiger partial charge in [-0.15, -0.1) is 0 Å². The van der Waals surface area contributed by atoms with Gasteiger partial charge in [0, 0.05) is 30.4 Å². The molecule has 0 spiro atoms. The molecule has 0 saturated heterocycles. The Morgan fingerprint density at radius 3 is 2.43 bits per heavy atom. The average molecular weight is 414 g/mol. The fourth-order valence-corrected chi connectivity index (χ4v) is 2.87. The largest absolute Gasteiger partial charge is 0.352 e. The van der Waals surface area contributed by atoms with E-state index in [9.17, 15) is 9.59 Å². The van der Waals surface area contributed by atoms with Crippen molar-refractivity contribution in [1.82, 2.24) is 10.3 Å². The lowest BCUT2D eigenvalue weighted by Gasteiger charge is -2.12. The predicted octanol–water partition coefficient (Wildman–Crippen LogP) is 4.61. The second-order valence-corrected chi connectivity index (χ2v) is 6.77. The fourth-order valence-electron chi connectivity index (χ4n) is 2.57. The summed E-state index contributed by atoms with van der Waals surface area (Å²) in [6, 6.07) is 17.1. The summed E-state index contributed by atoms with van der Waals surface area (Å²) in [5.41, 5.74) is 2.02. The van der Waals surface area contributed by atoms with Gasteiger partial charge < -0.3 is 10.6 Å². The van der Waals surface area contributed by atoms with E-state index in [1.54, 1.807) is 42.6 Å². The maximum absolute atomic E-state index is 12.6. The summed E-state index contributed by atoms with van der Waals surface area (Å²) in [5.74, 6) is -0.659. The summed E-state index contributed by atoms with van der Waals surface area (Å²) in [7, 11) is 0. The second kappa shape index (κ2) is 9.35. The highest BCUT2D eigenvalue weighted by atomic mass is 35.5. The van der Waals surface area contributed by atoms with Crippen molar-refractivity contribution < 1.29 is 9.59 Å². The Morgan fingerprint density at radius 1 is 0.893 bits per heavy atom. The van der Waals surface area contributed by atoms with Crippen LogP contribution in [-0.4, -0.2) is 23.3 Å². The number of amides is 2. The number of rotatable bonds is 6. The van der Waals surface area contributed by atoms with E-state index >= 15 is 0 Å². The van der Waals surface area contributed by atoms with Gasteiger partial charge in [0.05, 0.1) is 21.3 Å². The normalized spacial score (nSPS) is 10.4. The molecule has 1 aromatic heterocycles. The number of aromatic nitrogens is 1. The van der Waals surface area contributed by atoms with Crippen LogP contribution in [0, 0.1) is 0 Å². The van der Waals surface area contributed by atoms with Gasteiger partial charge in [-0.3, -0.25) is 14.6 Å². The molecule has 0 bridgehead atoms. The predicted molar refractivity (Wildman–Crippen MR) is 111 cm³/mol. The standard InChI is InChI=1S/C21H17Cl2N3O2/c22-17-9-8-14(13-18(17)23)20(27)26-19-7-2-1-6-16(19)21(28)25-12-10-15-5-3-4-11-24-15/h1-9,11,13H,10,12H2,(H,25,28)(H,26,27). The third-order valence-electron chi connectivity index (χ3n) is 3.99. The molecular weight excluding hydrogens is 397 g/mol. The monoisotopic (exact) mass is 413 g/mol. The Bertz CT molecular complexity index is 994. The van der Waals surface area contributed by atoms with E-state index in [0.717, 1.165) is 5.69 Å². The van der Waals surface area contributed by atoms with Crippen molar-refractivity contribution in [3.8, 4) is 0 Å². The molecule has 3 rings (SSSR count). The summed E-state index contributed by atoms with van der Waals surface area (Å²) in [4.78, 5) is 29.3. The fraction of sp³-hybridized carbons (Fsp3) is 0.0952. The first-order valence-electron chi connectivity index (χ1n) is 8.58. The highest BCUT2D eigenvalue weighted by Gasteiger charge is 2.14. The first-order chi connectivity index (χ1) is 13.5. The van der Waals surface area contributed by atoms with Crippen molar-refractivity contribution in [3.63, 3.8) is 0 Å². The average Bonchev–Trinajstić information content (AvgIpc) is 2.71. The second-order valence-electron chi connectivity index (χ2n) is 5.96. The molecule has 1 heterocycles. The van der Waals surface area contributed by atoms with Gasteiger partial charge in [0.15, 0.2) is 0 Å². The van der Waals surface area contributed by atoms with E-state index < -0.39 is 0 Å². The molecule has 0 aliphatic heterocycles. The van der Waals surface area contributed by atoms with Crippen LogP contribution in [-0.2, 0) is 6.42 Å². The van der Waals surface area contributed by atoms with Gasteiger partial charge in [-0.1, -0.05) is 41.4 Å². The number of carbonyl (C=O) groups excluding carboxylic acids is 2. The van der Waals surface area contributed by atoms with Crippen LogP contribution >= 0.6 is 23.2 Å². The number of hydrogen-bond donors (Lipinski definition) is 2. The van der Waals surface area contributed by atoms with Crippen molar-refractivity contribution in [2.45, 2.75) is 6.42 Å². The zero-order valence-corrected chi connectivity index (χ0v) is 16.3. The van der Waals surface area contributed by atoms with Crippen molar-refractivity contribution in [3.05, 3.63) is 93.7 Å². The lowest BCUT2D eigenvalue weighted by atomic mass is 10.1. The molecule has 0 aliphatic carbocycles. The number of carbonyl (C=O) groups is 2. The number of nitrogens with zero attached hydrogens (tertiary/aromatic N) is 1. The minimum atomic E-state index is -0.382. The molecule has 142 valence electrons. The van der Waals surface area contributed by atoms with Crippen LogP contribution in [0.15, 0.2) is 66.9 Å². The van der Waals surface area contributed by atoms with Crippen molar-refractivity contribution in [2.75, 3.05) is 11.9 Å². The van der Waals surface area contributed by atoms with E-state index in [-0.39, 0.29) is 16.8 Å². The summed E-state index contributed by atoms with van der Waals surface area (Å²) < 4.78 is 0. The Kier molecular flexibility index (Phi) is 6.63. The van der Waals surface area contributed by atoms with Crippen LogP contribution < -0.4 is 10.6 Å². The number of hydrogen-bond acceptors (Lipinski definition) is 3. The molecule has 28 heavy (non-hydrogen) atoms. The Labute approximate surface area is 172 Å². The molecule has 0 radical (unpaired) electrons. The van der Waals surface area contributed by atoms with Crippen LogP contribution in [0.2, 0.25) is 10.0 Å². The van der Waals surface area contributed by atoms with E-state index in [1.807, 2.05) is 18.2 Å². The molecule has 0 unspecified atom stereocenters. The molecule has 0 fully saturated rings. The lowest BCUT2D eigenvalue weighted by molar-refractivity contribution is 0.0955. The number of anilines is 1. The quantitative estimate of drug-likeness (QED) is 0.619. The zero-order valence-electron chi connectivity index (χ0n) is 14.8. The molecule has 2 aromatic carbocycles. The van der Waals surface area contributed by atoms with E-state index in [0.29, 0.717) is 34.8 Å². The van der Waals surface area contributed by atoms with Crippen LogP contribution in [0.1, 0.15) is 26.4 Å². The molecule has 3 aromatic rings. The topological polar surface area (TPSA) is 71.1 Å². The molecule has 0 saturated carbocycles. The van der Waals surface area contributed by atoms with Crippen molar-refractivity contribution in [2.24, 2.45) is 0 Å². The number of nitrogens with one attached hydrogen (secondary N) is 2. The summed E-state index contributed by atoms with van der Waals surface area (Å²) in [5, 5.41) is 6.25. The van der Waals surface area contributed by atoms with Crippen molar-refractivity contribution >= 4 is 40.7 Å². The van der Waals surface area contributed by atoms with E-state index in [2.05, 4.69) is 15.6 Å². The molecule has 2 N–H and O–H groups in total. The van der Waals surface area contributed by atoms with Gasteiger partial charge in [0.2, 0.25) is 0 Å². The number of halogens is 2. The number of pyridine rings is 1. The highest BCUT2D eigenvalue weighted by Crippen LogP contribution is 2.23. The number of benzene rings is 2. The number of para-hydroxylation sites is 1. The van der Waals surface area contributed by atoms with Gasteiger partial charge in [0.25, 0.3) is 11.8 Å². The van der Waals surface area contributed by atoms with Gasteiger partial charge in [-0.25, -0.2) is 0 Å². The maximum Gasteiger partial charge on any atom is 0.255 e. The smallest absolute Gasteiger partial charge is 0.255 e. The summed E-state index contributed by atoms with van der Waals surface area (Å²) in [6.45, 7) is 0.435. The highest BCUT2D eigenvalue weighted by molar-refractivity contribution is 6.42. The Morgan fingerprint density at radius 2 is 1.68 bits per heavy atom. The zero-order chi connectivity index (χ0) is 19.9. The minimum absolute atomic E-state index is 0.277. The van der Waals surface area contributed by atoms with Crippen LogP contribution in [0.5, 0.6) is 0 Å². The Hall–Kier alpha value is -2.89. The molecule has 0 aliphatic rings. The molecule has 7 heteroatoms. The SMILES string of the molecule is O=C(Nc1ccccc1C(=O)NCCc1ccccn1)c1ccc(Cl)c(Cl)c1. The van der Waals surface area contributed by atoms with Crippen molar-refractivity contribution in [1.29, 1.82) is 0 Å². The van der Waals surface area contributed by atoms with Crippen LogP contribution in [0.3, 0.4) is 0 Å². The molecule has 0 atom stereocenters. The summed E-state index contributed by atoms with van der Waals surface area (Å²) in [6.07, 6.45) is 2.33. The van der Waals surface area contributed by atoms with Gasteiger partial charge in [-0.2, -0.15) is 0 Å². The first kappa shape index (κ1) is 19.9. The maximum atomic E-state index is 12.6. The first-order valence-corrected chi connectivity index (χ1v) is 9.34. The molecular formula is C21H17Cl2N3O2. The van der Waals surface area contributed by atoms with Gasteiger partial charge >= 0.3 is 0 Å². The third-order valence-corrected chi connectivity index (χ3v) is 4.73. The third kappa shape index (κ3) is 5.09. The van der Waals surface area contributed by atoms with E-state index in [4.69, 9.17) is 23.2 Å².